The minimum absolute atomic E-state index is 0.150. The third-order valence-corrected chi connectivity index (χ3v) is 2.37. The van der Waals surface area contributed by atoms with E-state index in [-0.39, 0.29) is 5.56 Å². The quantitative estimate of drug-likeness (QED) is 0.764. The number of benzene rings is 1. The van der Waals surface area contributed by atoms with Gasteiger partial charge >= 0.3 is 5.97 Å². The Morgan fingerprint density at radius 1 is 1.41 bits per heavy atom. The predicted octanol–water partition coefficient (Wildman–Crippen LogP) is 2.84. The van der Waals surface area contributed by atoms with Crippen molar-refractivity contribution in [3.63, 3.8) is 0 Å². The molecule has 0 unspecified atom stereocenters. The van der Waals surface area contributed by atoms with E-state index in [9.17, 15) is 4.79 Å². The monoisotopic (exact) mass is 258 g/mol. The van der Waals surface area contributed by atoms with Crippen LogP contribution in [0.2, 0.25) is 5.02 Å². The Hall–Kier alpha value is -1.26. The van der Waals surface area contributed by atoms with Crippen LogP contribution in [0.15, 0.2) is 18.2 Å². The topological polar surface area (TPSA) is 55.8 Å². The summed E-state index contributed by atoms with van der Waals surface area (Å²) in [7, 11) is 0. The predicted molar refractivity (Wildman–Crippen MR) is 65.0 cm³/mol. The lowest BCUT2D eigenvalue weighted by Crippen LogP contribution is -2.04. The maximum absolute atomic E-state index is 10.7. The number of carbonyl (C=O) groups is 1. The SMILES string of the molecule is CCOCCCOc1ccc(C(=O)O)cc1Cl. The first-order valence-corrected chi connectivity index (χ1v) is 5.76. The molecule has 4 nitrogen and oxygen atoms in total. The fourth-order valence-corrected chi connectivity index (χ4v) is 1.47. The van der Waals surface area contributed by atoms with Gasteiger partial charge in [0, 0.05) is 19.6 Å². The van der Waals surface area contributed by atoms with E-state index >= 15 is 0 Å². The molecule has 0 aliphatic rings. The zero-order valence-electron chi connectivity index (χ0n) is 9.61. The molecular weight excluding hydrogens is 244 g/mol. The fraction of sp³-hybridized carbons (Fsp3) is 0.417. The molecule has 0 aromatic heterocycles. The van der Waals surface area contributed by atoms with Crippen LogP contribution >= 0.6 is 11.6 Å². The number of rotatable bonds is 7. The maximum Gasteiger partial charge on any atom is 0.335 e. The van der Waals surface area contributed by atoms with Crippen LogP contribution in [0.3, 0.4) is 0 Å². The van der Waals surface area contributed by atoms with Crippen molar-refractivity contribution in [3.8, 4) is 5.75 Å². The van der Waals surface area contributed by atoms with Gasteiger partial charge in [0.1, 0.15) is 5.75 Å². The maximum atomic E-state index is 10.7. The molecule has 0 radical (unpaired) electrons. The molecule has 0 saturated heterocycles. The first kappa shape index (κ1) is 13.8. The molecule has 17 heavy (non-hydrogen) atoms. The van der Waals surface area contributed by atoms with Crippen molar-refractivity contribution < 1.29 is 19.4 Å². The molecule has 0 saturated carbocycles. The van der Waals surface area contributed by atoms with Crippen LogP contribution in [0.5, 0.6) is 5.75 Å². The lowest BCUT2D eigenvalue weighted by atomic mass is 10.2. The Morgan fingerprint density at radius 2 is 2.18 bits per heavy atom. The molecule has 0 aliphatic heterocycles. The van der Waals surface area contributed by atoms with Crippen molar-refractivity contribution in [2.45, 2.75) is 13.3 Å². The second-order valence-electron chi connectivity index (χ2n) is 3.35. The molecule has 1 aromatic rings. The molecule has 1 N–H and O–H groups in total. The summed E-state index contributed by atoms with van der Waals surface area (Å²) >= 11 is 5.89. The third-order valence-electron chi connectivity index (χ3n) is 2.07. The highest BCUT2D eigenvalue weighted by Gasteiger charge is 2.07. The van der Waals surface area contributed by atoms with E-state index in [1.54, 1.807) is 6.07 Å². The van der Waals surface area contributed by atoms with Crippen LogP contribution < -0.4 is 4.74 Å². The van der Waals surface area contributed by atoms with Gasteiger partial charge in [0.15, 0.2) is 0 Å². The van der Waals surface area contributed by atoms with Crippen molar-refractivity contribution in [1.29, 1.82) is 0 Å². The number of hydrogen-bond donors (Lipinski definition) is 1. The summed E-state index contributed by atoms with van der Waals surface area (Å²) in [5.41, 5.74) is 0.150. The molecule has 5 heteroatoms. The molecule has 0 heterocycles. The van der Waals surface area contributed by atoms with E-state index in [1.165, 1.54) is 12.1 Å². The van der Waals surface area contributed by atoms with Crippen molar-refractivity contribution in [1.82, 2.24) is 0 Å². The molecule has 0 aliphatic carbocycles. The van der Waals surface area contributed by atoms with Gasteiger partial charge < -0.3 is 14.6 Å². The number of hydrogen-bond acceptors (Lipinski definition) is 3. The van der Waals surface area contributed by atoms with Crippen LogP contribution in [0.1, 0.15) is 23.7 Å². The number of carboxylic acid groups (broad SMARTS) is 1. The first-order chi connectivity index (χ1) is 8.15. The van der Waals surface area contributed by atoms with Gasteiger partial charge in [-0.1, -0.05) is 11.6 Å². The van der Waals surface area contributed by atoms with Crippen LogP contribution in [-0.4, -0.2) is 30.9 Å². The Bertz CT molecular complexity index is 379. The Kier molecular flexibility index (Phi) is 5.80. The summed E-state index contributed by atoms with van der Waals surface area (Å²) in [6.45, 7) is 3.75. The summed E-state index contributed by atoms with van der Waals surface area (Å²) < 4.78 is 10.6. The lowest BCUT2D eigenvalue weighted by molar-refractivity contribution is 0.0697. The summed E-state index contributed by atoms with van der Waals surface area (Å²) in [5.74, 6) is -0.511. The molecule has 0 spiro atoms. The van der Waals surface area contributed by atoms with E-state index in [0.717, 1.165) is 6.42 Å². The van der Waals surface area contributed by atoms with Crippen molar-refractivity contribution >= 4 is 17.6 Å². The third kappa shape index (κ3) is 4.63. The average molecular weight is 259 g/mol. The van der Waals surface area contributed by atoms with Gasteiger partial charge in [-0.2, -0.15) is 0 Å². The fourth-order valence-electron chi connectivity index (χ4n) is 1.24. The highest BCUT2D eigenvalue weighted by atomic mass is 35.5. The van der Waals surface area contributed by atoms with Crippen molar-refractivity contribution in [2.24, 2.45) is 0 Å². The van der Waals surface area contributed by atoms with Crippen molar-refractivity contribution in [3.05, 3.63) is 28.8 Å². The number of aromatic carboxylic acids is 1. The van der Waals surface area contributed by atoms with Gasteiger partial charge in [-0.3, -0.25) is 0 Å². The van der Waals surface area contributed by atoms with Crippen LogP contribution in [0.4, 0.5) is 0 Å². The van der Waals surface area contributed by atoms with Gasteiger partial charge in [0.05, 0.1) is 17.2 Å². The standard InChI is InChI=1S/C12H15ClO4/c1-2-16-6-3-7-17-11-5-4-9(12(14)15)8-10(11)13/h4-5,8H,2-3,6-7H2,1H3,(H,14,15). The van der Waals surface area contributed by atoms with E-state index in [0.29, 0.717) is 30.6 Å². The van der Waals surface area contributed by atoms with Gasteiger partial charge in [-0.15, -0.1) is 0 Å². The summed E-state index contributed by atoms with van der Waals surface area (Å²) in [4.78, 5) is 10.7. The minimum atomic E-state index is -1.00. The second kappa shape index (κ2) is 7.14. The summed E-state index contributed by atoms with van der Waals surface area (Å²) in [5, 5.41) is 9.06. The Balaban J connectivity index is 2.46. The molecule has 0 atom stereocenters. The number of ether oxygens (including phenoxy) is 2. The summed E-state index contributed by atoms with van der Waals surface area (Å²) in [6, 6.07) is 4.40. The van der Waals surface area contributed by atoms with Crippen LogP contribution in [0, 0.1) is 0 Å². The van der Waals surface area contributed by atoms with E-state index < -0.39 is 5.97 Å². The molecule has 0 fully saturated rings. The van der Waals surface area contributed by atoms with E-state index in [1.807, 2.05) is 6.92 Å². The first-order valence-electron chi connectivity index (χ1n) is 5.38. The zero-order chi connectivity index (χ0) is 12.7. The van der Waals surface area contributed by atoms with Crippen molar-refractivity contribution in [2.75, 3.05) is 19.8 Å². The van der Waals surface area contributed by atoms with Crippen LogP contribution in [0.25, 0.3) is 0 Å². The van der Waals surface area contributed by atoms with Gasteiger partial charge in [-0.05, 0) is 25.1 Å². The Labute approximate surface area is 105 Å². The highest BCUT2D eigenvalue weighted by molar-refractivity contribution is 6.32. The zero-order valence-corrected chi connectivity index (χ0v) is 10.4. The molecule has 0 bridgehead atoms. The van der Waals surface area contributed by atoms with Crippen LogP contribution in [-0.2, 0) is 4.74 Å². The summed E-state index contributed by atoms with van der Waals surface area (Å²) in [6.07, 6.45) is 0.769. The largest absolute Gasteiger partial charge is 0.492 e. The highest BCUT2D eigenvalue weighted by Crippen LogP contribution is 2.25. The van der Waals surface area contributed by atoms with E-state index in [4.69, 9.17) is 26.2 Å². The molecule has 1 rings (SSSR count). The van der Waals surface area contributed by atoms with Gasteiger partial charge in [-0.25, -0.2) is 4.79 Å². The molecule has 1 aromatic carbocycles. The smallest absolute Gasteiger partial charge is 0.335 e. The van der Waals surface area contributed by atoms with Gasteiger partial charge in [0.25, 0.3) is 0 Å². The van der Waals surface area contributed by atoms with E-state index in [2.05, 4.69) is 0 Å². The average Bonchev–Trinajstić information content (AvgIpc) is 2.30. The van der Waals surface area contributed by atoms with Gasteiger partial charge in [0.2, 0.25) is 0 Å². The minimum Gasteiger partial charge on any atom is -0.492 e. The molecule has 94 valence electrons. The molecular formula is C12H15ClO4. The molecule has 0 amide bonds. The Morgan fingerprint density at radius 3 is 2.76 bits per heavy atom. The lowest BCUT2D eigenvalue weighted by Gasteiger charge is -2.08. The second-order valence-corrected chi connectivity index (χ2v) is 3.76. The normalized spacial score (nSPS) is 10.2. The number of halogens is 1. The number of carboxylic acids is 1.